The first kappa shape index (κ1) is 14.9. The van der Waals surface area contributed by atoms with Crippen LogP contribution in [0.5, 0.6) is 0 Å². The van der Waals surface area contributed by atoms with Crippen LogP contribution in [0, 0.1) is 0 Å². The average molecular weight is 284 g/mol. The fraction of sp³-hybridized carbons (Fsp3) is 0.462. The SMILES string of the molecule is O=C(O)[C@H]1O[C@@H](OCc2ccccc2)[C@H](O)[C@@H](O)[C@@H]1O. The summed E-state index contributed by atoms with van der Waals surface area (Å²) in [5, 5.41) is 37.7. The van der Waals surface area contributed by atoms with E-state index in [0.29, 0.717) is 0 Å². The Morgan fingerprint density at radius 2 is 1.75 bits per heavy atom. The van der Waals surface area contributed by atoms with Gasteiger partial charge in [0.2, 0.25) is 0 Å². The van der Waals surface area contributed by atoms with Crippen LogP contribution in [0.3, 0.4) is 0 Å². The van der Waals surface area contributed by atoms with Gasteiger partial charge in [-0.2, -0.15) is 0 Å². The molecule has 1 aromatic rings. The normalized spacial score (nSPS) is 33.9. The van der Waals surface area contributed by atoms with Crippen LogP contribution in [0.1, 0.15) is 5.56 Å². The number of aliphatic hydroxyl groups is 3. The minimum atomic E-state index is -1.71. The van der Waals surface area contributed by atoms with Crippen LogP contribution >= 0.6 is 0 Å². The number of aliphatic hydroxyl groups excluding tert-OH is 3. The Kier molecular flexibility index (Phi) is 4.69. The molecule has 20 heavy (non-hydrogen) atoms. The zero-order chi connectivity index (χ0) is 14.7. The lowest BCUT2D eigenvalue weighted by Crippen LogP contribution is -2.60. The topological polar surface area (TPSA) is 116 Å². The Morgan fingerprint density at radius 1 is 1.10 bits per heavy atom. The molecule has 0 unspecified atom stereocenters. The molecular weight excluding hydrogens is 268 g/mol. The largest absolute Gasteiger partial charge is 0.479 e. The first-order chi connectivity index (χ1) is 9.50. The van der Waals surface area contributed by atoms with Crippen molar-refractivity contribution >= 4 is 5.97 Å². The molecule has 0 aromatic heterocycles. The van der Waals surface area contributed by atoms with E-state index in [2.05, 4.69) is 0 Å². The van der Waals surface area contributed by atoms with Crippen molar-refractivity contribution in [2.45, 2.75) is 37.3 Å². The van der Waals surface area contributed by atoms with E-state index in [4.69, 9.17) is 14.6 Å². The lowest BCUT2D eigenvalue weighted by Gasteiger charge is -2.38. The van der Waals surface area contributed by atoms with Crippen molar-refractivity contribution in [2.75, 3.05) is 0 Å². The Bertz CT molecular complexity index is 449. The first-order valence-electron chi connectivity index (χ1n) is 6.08. The van der Waals surface area contributed by atoms with Gasteiger partial charge in [0, 0.05) is 0 Å². The third-order valence-corrected chi connectivity index (χ3v) is 3.07. The third kappa shape index (κ3) is 3.14. The standard InChI is InChI=1S/C13H16O7/c14-8-9(15)11(12(17)18)20-13(10(8)16)19-6-7-4-2-1-3-5-7/h1-5,8-11,13-16H,6H2,(H,17,18)/t8-,9-,10+,11-,13+/m0/s1. The molecule has 1 heterocycles. The lowest BCUT2D eigenvalue weighted by molar-refractivity contribution is -0.297. The van der Waals surface area contributed by atoms with Crippen molar-refractivity contribution in [3.05, 3.63) is 35.9 Å². The number of carbonyl (C=O) groups is 1. The molecule has 7 heteroatoms. The van der Waals surface area contributed by atoms with Crippen molar-refractivity contribution in [3.63, 3.8) is 0 Å². The van der Waals surface area contributed by atoms with Gasteiger partial charge < -0.3 is 29.9 Å². The Balaban J connectivity index is 2.01. The molecular formula is C13H16O7. The summed E-state index contributed by atoms with van der Waals surface area (Å²) in [4.78, 5) is 10.9. The predicted molar refractivity (Wildman–Crippen MR) is 65.5 cm³/mol. The molecule has 0 spiro atoms. The fourth-order valence-corrected chi connectivity index (χ4v) is 1.94. The van der Waals surface area contributed by atoms with Gasteiger partial charge in [-0.25, -0.2) is 4.79 Å². The summed E-state index contributed by atoms with van der Waals surface area (Å²) in [5.41, 5.74) is 0.802. The van der Waals surface area contributed by atoms with Crippen molar-refractivity contribution in [1.82, 2.24) is 0 Å². The lowest BCUT2D eigenvalue weighted by atomic mass is 9.99. The smallest absolute Gasteiger partial charge is 0.335 e. The number of carboxylic acids is 1. The summed E-state index contributed by atoms with van der Waals surface area (Å²) in [6.07, 6.45) is -7.85. The predicted octanol–water partition coefficient (Wildman–Crippen LogP) is -0.905. The maximum Gasteiger partial charge on any atom is 0.335 e. The van der Waals surface area contributed by atoms with E-state index in [0.717, 1.165) is 5.56 Å². The second-order valence-electron chi connectivity index (χ2n) is 4.53. The number of hydrogen-bond acceptors (Lipinski definition) is 6. The van der Waals surface area contributed by atoms with Crippen molar-refractivity contribution in [3.8, 4) is 0 Å². The molecule has 0 aliphatic carbocycles. The highest BCUT2D eigenvalue weighted by molar-refractivity contribution is 5.73. The van der Waals surface area contributed by atoms with E-state index in [9.17, 15) is 20.1 Å². The summed E-state index contributed by atoms with van der Waals surface area (Å²) in [7, 11) is 0. The van der Waals surface area contributed by atoms with Gasteiger partial charge in [0.15, 0.2) is 12.4 Å². The number of ether oxygens (including phenoxy) is 2. The van der Waals surface area contributed by atoms with E-state index in [1.54, 1.807) is 24.3 Å². The molecule has 1 aliphatic rings. The maximum absolute atomic E-state index is 10.9. The van der Waals surface area contributed by atoms with E-state index < -0.39 is 36.7 Å². The van der Waals surface area contributed by atoms with Crippen LogP contribution < -0.4 is 0 Å². The number of rotatable bonds is 4. The van der Waals surface area contributed by atoms with Crippen molar-refractivity contribution < 1.29 is 34.7 Å². The van der Waals surface area contributed by atoms with Gasteiger partial charge in [-0.15, -0.1) is 0 Å². The number of carboxylic acid groups (broad SMARTS) is 1. The molecule has 1 aromatic carbocycles. The minimum absolute atomic E-state index is 0.0811. The Hall–Kier alpha value is -1.51. The molecule has 0 bridgehead atoms. The van der Waals surface area contributed by atoms with Crippen LogP contribution in [0.2, 0.25) is 0 Å². The summed E-state index contributed by atoms with van der Waals surface area (Å²) in [6, 6.07) is 9.01. The van der Waals surface area contributed by atoms with E-state index in [-0.39, 0.29) is 6.61 Å². The third-order valence-electron chi connectivity index (χ3n) is 3.07. The van der Waals surface area contributed by atoms with E-state index >= 15 is 0 Å². The highest BCUT2D eigenvalue weighted by Gasteiger charge is 2.47. The quantitative estimate of drug-likeness (QED) is 0.566. The summed E-state index contributed by atoms with van der Waals surface area (Å²) < 4.78 is 10.3. The number of hydrogen-bond donors (Lipinski definition) is 4. The van der Waals surface area contributed by atoms with Crippen LogP contribution in [-0.4, -0.2) is 57.1 Å². The molecule has 5 atom stereocenters. The van der Waals surface area contributed by atoms with Gasteiger partial charge in [0.25, 0.3) is 0 Å². The second kappa shape index (κ2) is 6.29. The number of aliphatic carboxylic acids is 1. The summed E-state index contributed by atoms with van der Waals surface area (Å²) >= 11 is 0. The highest BCUT2D eigenvalue weighted by Crippen LogP contribution is 2.23. The Labute approximate surface area is 115 Å². The molecule has 2 rings (SSSR count). The van der Waals surface area contributed by atoms with Gasteiger partial charge >= 0.3 is 5.97 Å². The van der Waals surface area contributed by atoms with Crippen LogP contribution in [0.4, 0.5) is 0 Å². The number of benzene rings is 1. The molecule has 1 saturated heterocycles. The second-order valence-corrected chi connectivity index (χ2v) is 4.53. The highest BCUT2D eigenvalue weighted by atomic mass is 16.7. The molecule has 0 saturated carbocycles. The molecule has 1 fully saturated rings. The van der Waals surface area contributed by atoms with Crippen LogP contribution in [0.15, 0.2) is 30.3 Å². The zero-order valence-electron chi connectivity index (χ0n) is 10.5. The molecule has 7 nitrogen and oxygen atoms in total. The summed E-state index contributed by atoms with van der Waals surface area (Å²) in [6.45, 7) is 0.0811. The van der Waals surface area contributed by atoms with Gasteiger partial charge in [-0.3, -0.25) is 0 Å². The van der Waals surface area contributed by atoms with Crippen molar-refractivity contribution in [1.29, 1.82) is 0 Å². The van der Waals surface area contributed by atoms with Crippen LogP contribution in [0.25, 0.3) is 0 Å². The van der Waals surface area contributed by atoms with E-state index in [1.165, 1.54) is 0 Å². The molecule has 1 aliphatic heterocycles. The molecule has 0 radical (unpaired) electrons. The monoisotopic (exact) mass is 284 g/mol. The first-order valence-corrected chi connectivity index (χ1v) is 6.08. The van der Waals surface area contributed by atoms with Gasteiger partial charge in [0.1, 0.15) is 18.3 Å². The maximum atomic E-state index is 10.9. The zero-order valence-corrected chi connectivity index (χ0v) is 10.5. The van der Waals surface area contributed by atoms with Gasteiger partial charge in [0.05, 0.1) is 6.61 Å². The average Bonchev–Trinajstić information content (AvgIpc) is 2.45. The van der Waals surface area contributed by atoms with Crippen molar-refractivity contribution in [2.24, 2.45) is 0 Å². The molecule has 110 valence electrons. The van der Waals surface area contributed by atoms with Gasteiger partial charge in [-0.05, 0) is 5.56 Å². The van der Waals surface area contributed by atoms with Crippen LogP contribution in [-0.2, 0) is 20.9 Å². The minimum Gasteiger partial charge on any atom is -0.479 e. The van der Waals surface area contributed by atoms with Gasteiger partial charge in [-0.1, -0.05) is 30.3 Å². The molecule has 0 amide bonds. The van der Waals surface area contributed by atoms with E-state index in [1.807, 2.05) is 6.07 Å². The molecule has 4 N–H and O–H groups in total. The Morgan fingerprint density at radius 3 is 2.35 bits per heavy atom. The summed E-state index contributed by atoms with van der Waals surface area (Å²) in [5.74, 6) is -1.43. The fourth-order valence-electron chi connectivity index (χ4n) is 1.94.